The number of nitrogens with zero attached hydrogens (tertiary/aromatic N) is 2. The van der Waals surface area contributed by atoms with E-state index in [4.69, 9.17) is 23.2 Å². The van der Waals surface area contributed by atoms with Crippen LogP contribution in [0.2, 0.25) is 10.0 Å². The quantitative estimate of drug-likeness (QED) is 0.189. The van der Waals surface area contributed by atoms with Crippen molar-refractivity contribution in [2.45, 2.75) is 64.5 Å². The van der Waals surface area contributed by atoms with Gasteiger partial charge in [0.1, 0.15) is 13.1 Å². The van der Waals surface area contributed by atoms with Gasteiger partial charge in [0.05, 0.1) is 39.3 Å². The molecular formula is C32H46Cl2N4O2+2. The van der Waals surface area contributed by atoms with Crippen molar-refractivity contribution in [1.82, 2.24) is 10.6 Å². The molecule has 6 nitrogen and oxygen atoms in total. The van der Waals surface area contributed by atoms with E-state index >= 15 is 0 Å². The number of halogens is 2. The first-order valence-electron chi connectivity index (χ1n) is 15.1. The monoisotopic (exact) mass is 588 g/mol. The van der Waals surface area contributed by atoms with Crippen LogP contribution in [0.1, 0.15) is 62.5 Å². The molecule has 8 heteroatoms. The van der Waals surface area contributed by atoms with E-state index in [1.165, 1.54) is 49.7 Å². The number of piperidine rings is 2. The number of rotatable bonds is 12. The predicted octanol–water partition coefficient (Wildman–Crippen LogP) is 5.71. The molecule has 0 aliphatic carbocycles. The fourth-order valence-corrected chi connectivity index (χ4v) is 7.05. The molecule has 2 N–H and O–H groups in total. The molecule has 0 spiro atoms. The highest BCUT2D eigenvalue weighted by atomic mass is 35.5. The molecule has 4 rings (SSSR count). The molecule has 2 aromatic carbocycles. The fourth-order valence-electron chi connectivity index (χ4n) is 6.66. The average molecular weight is 590 g/mol. The van der Waals surface area contributed by atoms with Gasteiger partial charge < -0.3 is 19.6 Å². The fraction of sp³-hybridized carbons (Fsp3) is 0.562. The van der Waals surface area contributed by atoms with Gasteiger partial charge in [0, 0.05) is 47.1 Å². The summed E-state index contributed by atoms with van der Waals surface area (Å²) < 4.78 is 2.00. The Kier molecular flexibility index (Phi) is 11.7. The van der Waals surface area contributed by atoms with Gasteiger partial charge in [-0.1, -0.05) is 59.6 Å². The molecule has 2 aromatic rings. The molecule has 2 fully saturated rings. The van der Waals surface area contributed by atoms with Crippen molar-refractivity contribution in [3.05, 3.63) is 69.7 Å². The molecule has 2 saturated heterocycles. The van der Waals surface area contributed by atoms with Gasteiger partial charge in [-0.3, -0.25) is 9.59 Å². The molecule has 2 amide bonds. The van der Waals surface area contributed by atoms with E-state index in [-0.39, 0.29) is 0 Å². The van der Waals surface area contributed by atoms with Gasteiger partial charge in [0.15, 0.2) is 0 Å². The summed E-state index contributed by atoms with van der Waals surface area (Å²) in [6.07, 6.45) is 9.11. The van der Waals surface area contributed by atoms with Crippen LogP contribution in [0.25, 0.3) is 0 Å². The van der Waals surface area contributed by atoms with Crippen LogP contribution in [0, 0.1) is 0 Å². The Morgan fingerprint density at radius 3 is 1.35 bits per heavy atom. The van der Waals surface area contributed by atoms with Crippen molar-refractivity contribution >= 4 is 35.0 Å². The van der Waals surface area contributed by atoms with Gasteiger partial charge in [-0.25, -0.2) is 0 Å². The summed E-state index contributed by atoms with van der Waals surface area (Å²) in [6.45, 7) is 9.34. The minimum absolute atomic E-state index is 0.507. The maximum absolute atomic E-state index is 12.5. The zero-order chi connectivity index (χ0) is 28.3. The molecule has 2 heterocycles. The molecular weight excluding hydrogens is 543 g/mol. The number of hydrogen-bond donors (Lipinski definition) is 2. The van der Waals surface area contributed by atoms with Gasteiger partial charge in [-0.15, -0.1) is 0 Å². The smallest absolute Gasteiger partial charge is 0.309 e. The number of benzene rings is 2. The minimum Gasteiger partial charge on any atom is -0.348 e. The minimum atomic E-state index is -0.533. The second kappa shape index (κ2) is 15.2. The summed E-state index contributed by atoms with van der Waals surface area (Å²) in [5.74, 6) is -1.07. The van der Waals surface area contributed by atoms with Crippen LogP contribution in [-0.2, 0) is 22.7 Å². The third-order valence-corrected chi connectivity index (χ3v) is 9.59. The van der Waals surface area contributed by atoms with Crippen LogP contribution in [0.3, 0.4) is 0 Å². The molecule has 218 valence electrons. The van der Waals surface area contributed by atoms with E-state index in [9.17, 15) is 9.59 Å². The van der Waals surface area contributed by atoms with Gasteiger partial charge in [0.2, 0.25) is 0 Å². The molecule has 2 aliphatic rings. The number of likely N-dealkylation sites (tertiary alicyclic amines) is 2. The van der Waals surface area contributed by atoms with E-state index in [0.717, 1.165) is 84.2 Å². The molecule has 0 radical (unpaired) electrons. The Balaban J connectivity index is 1.18. The molecule has 0 bridgehead atoms. The van der Waals surface area contributed by atoms with E-state index in [1.807, 2.05) is 36.4 Å². The van der Waals surface area contributed by atoms with Crippen molar-refractivity contribution < 1.29 is 18.6 Å². The number of carbonyl (C=O) groups excluding carboxylic acids is 2. The third kappa shape index (κ3) is 8.94. The average Bonchev–Trinajstić information content (AvgIpc) is 2.97. The Morgan fingerprint density at radius 2 is 0.975 bits per heavy atom. The van der Waals surface area contributed by atoms with Gasteiger partial charge in [-0.2, -0.15) is 0 Å². The maximum Gasteiger partial charge on any atom is 0.309 e. The third-order valence-electron chi connectivity index (χ3n) is 8.85. The molecule has 0 saturated carbocycles. The highest BCUT2D eigenvalue weighted by Gasteiger charge is 2.32. The predicted molar refractivity (Wildman–Crippen MR) is 163 cm³/mol. The van der Waals surface area contributed by atoms with Crippen LogP contribution in [0.15, 0.2) is 48.5 Å². The van der Waals surface area contributed by atoms with E-state index in [2.05, 4.69) is 22.8 Å². The van der Waals surface area contributed by atoms with Gasteiger partial charge >= 0.3 is 11.8 Å². The highest BCUT2D eigenvalue weighted by molar-refractivity contribution is 6.35. The van der Waals surface area contributed by atoms with E-state index < -0.39 is 11.8 Å². The maximum atomic E-state index is 12.5. The Morgan fingerprint density at radius 1 is 0.600 bits per heavy atom. The summed E-state index contributed by atoms with van der Waals surface area (Å²) in [5, 5.41) is 7.34. The first-order chi connectivity index (χ1) is 19.4. The van der Waals surface area contributed by atoms with Crippen molar-refractivity contribution in [2.24, 2.45) is 0 Å². The summed E-state index contributed by atoms with van der Waals surface area (Å²) in [5.41, 5.74) is 2.38. The lowest BCUT2D eigenvalue weighted by Gasteiger charge is -2.42. The van der Waals surface area contributed by atoms with Crippen molar-refractivity contribution in [2.75, 3.05) is 52.4 Å². The summed E-state index contributed by atoms with van der Waals surface area (Å²) in [7, 11) is 0. The van der Waals surface area contributed by atoms with Crippen LogP contribution in [0.5, 0.6) is 0 Å². The van der Waals surface area contributed by atoms with Crippen molar-refractivity contribution in [1.29, 1.82) is 0 Å². The molecule has 40 heavy (non-hydrogen) atoms. The number of hydrogen-bond acceptors (Lipinski definition) is 2. The zero-order valence-electron chi connectivity index (χ0n) is 23.8. The number of carbonyl (C=O) groups is 2. The normalized spacial score (nSPS) is 18.1. The largest absolute Gasteiger partial charge is 0.348 e. The second-order valence-electron chi connectivity index (χ2n) is 11.9. The summed E-state index contributed by atoms with van der Waals surface area (Å²) in [4.78, 5) is 25.0. The first-order valence-corrected chi connectivity index (χ1v) is 15.9. The Hall–Kier alpha value is -2.12. The first kappa shape index (κ1) is 30.8. The van der Waals surface area contributed by atoms with Crippen molar-refractivity contribution in [3.63, 3.8) is 0 Å². The van der Waals surface area contributed by atoms with Crippen LogP contribution in [-0.4, -0.2) is 73.1 Å². The lowest BCUT2D eigenvalue weighted by molar-refractivity contribution is -0.945. The van der Waals surface area contributed by atoms with Crippen LogP contribution >= 0.6 is 23.2 Å². The van der Waals surface area contributed by atoms with E-state index in [0.29, 0.717) is 13.1 Å². The van der Waals surface area contributed by atoms with Gasteiger partial charge in [0.25, 0.3) is 0 Å². The summed E-state index contributed by atoms with van der Waals surface area (Å²) >= 11 is 12.9. The SMILES string of the molecule is O=C(NCCC[N+]1(Cc2ccccc2Cl)CCCCC1)C(=O)NCCC[N+]1(Cc2ccccc2Cl)CCCCC1. The van der Waals surface area contributed by atoms with Gasteiger partial charge in [-0.05, 0) is 50.7 Å². The van der Waals surface area contributed by atoms with E-state index in [1.54, 1.807) is 0 Å². The lowest BCUT2D eigenvalue weighted by atomic mass is 10.0. The molecule has 0 aromatic heterocycles. The summed E-state index contributed by atoms with van der Waals surface area (Å²) in [6, 6.07) is 16.2. The Labute approximate surface area is 250 Å². The highest BCUT2D eigenvalue weighted by Crippen LogP contribution is 2.28. The molecule has 2 aliphatic heterocycles. The van der Waals surface area contributed by atoms with Crippen LogP contribution < -0.4 is 10.6 Å². The number of nitrogens with one attached hydrogen (secondary N) is 2. The Bertz CT molecular complexity index is 1030. The number of quaternary nitrogens is 2. The number of amides is 2. The van der Waals surface area contributed by atoms with Crippen LogP contribution in [0.4, 0.5) is 0 Å². The second-order valence-corrected chi connectivity index (χ2v) is 12.7. The zero-order valence-corrected chi connectivity index (χ0v) is 25.3. The standard InChI is InChI=1S/C32H44Cl2N4O2/c33-29-15-5-3-13-27(29)25-37(19-7-1-8-20-37)23-11-17-35-31(39)32(40)36-18-12-24-38(21-9-2-10-22-38)26-28-14-4-6-16-30(28)34/h3-6,13-16H,1-2,7-12,17-26H2/p+2. The topological polar surface area (TPSA) is 58.2 Å². The van der Waals surface area contributed by atoms with Crippen molar-refractivity contribution in [3.8, 4) is 0 Å². The molecule has 0 unspecified atom stereocenters. The molecule has 0 atom stereocenters. The lowest BCUT2D eigenvalue weighted by Crippen LogP contribution is -2.52.